The number of hydrogen-bond donors (Lipinski definition) is 2. The standard InChI is InChI=1S/C17H18FN3O2/c1-12(13-3-9-16(23-2)10-4-13)20-21-17(22)11-19-15-7-5-14(18)6-8-15/h3-10,19H,11H2,1-2H3,(H,21,22)/b20-12-. The zero-order chi connectivity index (χ0) is 16.7. The lowest BCUT2D eigenvalue weighted by molar-refractivity contribution is -0.119. The molecular formula is C17H18FN3O2. The summed E-state index contributed by atoms with van der Waals surface area (Å²) in [6.45, 7) is 1.85. The van der Waals surface area contributed by atoms with Crippen molar-refractivity contribution >= 4 is 17.3 Å². The normalized spacial score (nSPS) is 11.0. The van der Waals surface area contributed by atoms with Crippen molar-refractivity contribution in [1.82, 2.24) is 5.43 Å². The molecular weight excluding hydrogens is 297 g/mol. The lowest BCUT2D eigenvalue weighted by Crippen LogP contribution is -2.26. The van der Waals surface area contributed by atoms with Gasteiger partial charge >= 0.3 is 0 Å². The molecule has 6 heteroatoms. The molecule has 0 saturated heterocycles. The predicted octanol–water partition coefficient (Wildman–Crippen LogP) is 2.79. The highest BCUT2D eigenvalue weighted by atomic mass is 19.1. The van der Waals surface area contributed by atoms with Gasteiger partial charge < -0.3 is 10.1 Å². The number of carbonyl (C=O) groups is 1. The number of hydrazone groups is 1. The lowest BCUT2D eigenvalue weighted by atomic mass is 10.1. The molecule has 120 valence electrons. The summed E-state index contributed by atoms with van der Waals surface area (Å²) < 4.78 is 17.9. The van der Waals surface area contributed by atoms with E-state index in [-0.39, 0.29) is 18.3 Å². The molecule has 2 aromatic carbocycles. The highest BCUT2D eigenvalue weighted by Gasteiger charge is 2.02. The molecule has 0 atom stereocenters. The van der Waals surface area contributed by atoms with Gasteiger partial charge in [0.1, 0.15) is 11.6 Å². The van der Waals surface area contributed by atoms with E-state index in [1.54, 1.807) is 26.2 Å². The number of ether oxygens (including phenoxy) is 1. The SMILES string of the molecule is COc1ccc(/C(C)=N\NC(=O)CNc2ccc(F)cc2)cc1. The quantitative estimate of drug-likeness (QED) is 0.636. The number of benzene rings is 2. The van der Waals surface area contributed by atoms with Crippen molar-refractivity contribution in [3.63, 3.8) is 0 Å². The molecule has 0 radical (unpaired) electrons. The zero-order valence-electron chi connectivity index (χ0n) is 13.0. The lowest BCUT2D eigenvalue weighted by Gasteiger charge is -2.06. The maximum absolute atomic E-state index is 12.8. The molecule has 0 spiro atoms. The van der Waals surface area contributed by atoms with Crippen LogP contribution in [-0.2, 0) is 4.79 Å². The Morgan fingerprint density at radius 2 is 1.78 bits per heavy atom. The summed E-state index contributed by atoms with van der Waals surface area (Å²) in [6.07, 6.45) is 0. The van der Waals surface area contributed by atoms with E-state index in [1.165, 1.54) is 12.1 Å². The van der Waals surface area contributed by atoms with Crippen LogP contribution in [0.4, 0.5) is 10.1 Å². The van der Waals surface area contributed by atoms with Crippen molar-refractivity contribution in [2.75, 3.05) is 19.0 Å². The number of halogens is 1. The van der Waals surface area contributed by atoms with Gasteiger partial charge in [-0.1, -0.05) is 0 Å². The van der Waals surface area contributed by atoms with Crippen LogP contribution in [0.15, 0.2) is 53.6 Å². The van der Waals surface area contributed by atoms with Gasteiger partial charge in [-0.3, -0.25) is 4.79 Å². The van der Waals surface area contributed by atoms with Gasteiger partial charge in [0.05, 0.1) is 19.4 Å². The third-order valence-electron chi connectivity index (χ3n) is 3.15. The first-order valence-corrected chi connectivity index (χ1v) is 7.05. The summed E-state index contributed by atoms with van der Waals surface area (Å²) in [5.74, 6) is 0.149. The average Bonchev–Trinajstić information content (AvgIpc) is 2.59. The molecule has 0 aliphatic heterocycles. The molecule has 0 aromatic heterocycles. The number of methoxy groups -OCH3 is 1. The molecule has 0 saturated carbocycles. The largest absolute Gasteiger partial charge is 0.497 e. The monoisotopic (exact) mass is 315 g/mol. The highest BCUT2D eigenvalue weighted by molar-refractivity contribution is 5.99. The first-order chi connectivity index (χ1) is 11.1. The number of anilines is 1. The van der Waals surface area contributed by atoms with Gasteiger partial charge in [-0.15, -0.1) is 0 Å². The number of rotatable bonds is 6. The zero-order valence-corrected chi connectivity index (χ0v) is 13.0. The first-order valence-electron chi connectivity index (χ1n) is 7.05. The molecule has 2 N–H and O–H groups in total. The highest BCUT2D eigenvalue weighted by Crippen LogP contribution is 2.11. The van der Waals surface area contributed by atoms with Crippen LogP contribution in [0, 0.1) is 5.82 Å². The molecule has 2 rings (SSSR count). The van der Waals surface area contributed by atoms with Gasteiger partial charge in [0.25, 0.3) is 5.91 Å². The van der Waals surface area contributed by atoms with E-state index in [9.17, 15) is 9.18 Å². The van der Waals surface area contributed by atoms with Crippen LogP contribution in [0.5, 0.6) is 5.75 Å². The Kier molecular flexibility index (Phi) is 5.68. The van der Waals surface area contributed by atoms with Crippen LogP contribution in [-0.4, -0.2) is 25.3 Å². The minimum absolute atomic E-state index is 0.0467. The third-order valence-corrected chi connectivity index (χ3v) is 3.15. The Morgan fingerprint density at radius 1 is 1.13 bits per heavy atom. The van der Waals surface area contributed by atoms with Gasteiger partial charge in [0, 0.05) is 5.69 Å². The van der Waals surface area contributed by atoms with Gasteiger partial charge in [0.2, 0.25) is 0 Å². The summed E-state index contributed by atoms with van der Waals surface area (Å²) in [6, 6.07) is 13.2. The summed E-state index contributed by atoms with van der Waals surface area (Å²) in [7, 11) is 1.60. The smallest absolute Gasteiger partial charge is 0.259 e. The molecule has 0 unspecified atom stereocenters. The van der Waals surface area contributed by atoms with E-state index in [0.717, 1.165) is 11.3 Å². The second-order valence-corrected chi connectivity index (χ2v) is 4.82. The minimum Gasteiger partial charge on any atom is -0.497 e. The van der Waals surface area contributed by atoms with Crippen molar-refractivity contribution in [3.8, 4) is 5.75 Å². The number of nitrogens with one attached hydrogen (secondary N) is 2. The summed E-state index contributed by atoms with van der Waals surface area (Å²) in [5, 5.41) is 6.94. The van der Waals surface area contributed by atoms with Gasteiger partial charge in [-0.05, 0) is 61.0 Å². The van der Waals surface area contributed by atoms with E-state index in [4.69, 9.17) is 4.74 Å². The molecule has 2 aromatic rings. The fourth-order valence-corrected chi connectivity index (χ4v) is 1.83. The van der Waals surface area contributed by atoms with Crippen LogP contribution >= 0.6 is 0 Å². The summed E-state index contributed by atoms with van der Waals surface area (Å²) in [4.78, 5) is 11.7. The Bertz CT molecular complexity index is 682. The summed E-state index contributed by atoms with van der Waals surface area (Å²) in [5.41, 5.74) is 4.71. The molecule has 0 heterocycles. The number of hydrogen-bond acceptors (Lipinski definition) is 4. The second kappa shape index (κ2) is 7.93. The summed E-state index contributed by atoms with van der Waals surface area (Å²) >= 11 is 0. The van der Waals surface area contributed by atoms with Crippen molar-refractivity contribution in [1.29, 1.82) is 0 Å². The fraction of sp³-hybridized carbons (Fsp3) is 0.176. The Balaban J connectivity index is 1.85. The van der Waals surface area contributed by atoms with Crippen molar-refractivity contribution in [2.45, 2.75) is 6.92 Å². The van der Waals surface area contributed by atoms with Crippen molar-refractivity contribution in [2.24, 2.45) is 5.10 Å². The first kappa shape index (κ1) is 16.5. The molecule has 1 amide bonds. The van der Waals surface area contributed by atoms with E-state index < -0.39 is 0 Å². The number of carbonyl (C=O) groups excluding carboxylic acids is 1. The van der Waals surface area contributed by atoms with Crippen LogP contribution in [0.2, 0.25) is 0 Å². The van der Waals surface area contributed by atoms with Crippen LogP contribution in [0.3, 0.4) is 0 Å². The topological polar surface area (TPSA) is 62.7 Å². The van der Waals surface area contributed by atoms with E-state index in [1.807, 2.05) is 24.3 Å². The second-order valence-electron chi connectivity index (χ2n) is 4.82. The maximum atomic E-state index is 12.8. The van der Waals surface area contributed by atoms with Crippen LogP contribution < -0.4 is 15.5 Å². The van der Waals surface area contributed by atoms with Crippen LogP contribution in [0.1, 0.15) is 12.5 Å². The molecule has 0 aliphatic carbocycles. The predicted molar refractivity (Wildman–Crippen MR) is 88.2 cm³/mol. The van der Waals surface area contributed by atoms with Gasteiger partial charge in [-0.2, -0.15) is 5.10 Å². The molecule has 0 fully saturated rings. The van der Waals surface area contributed by atoms with Crippen molar-refractivity contribution in [3.05, 3.63) is 59.9 Å². The minimum atomic E-state index is -0.320. The van der Waals surface area contributed by atoms with Gasteiger partial charge in [0.15, 0.2) is 0 Å². The molecule has 23 heavy (non-hydrogen) atoms. The Labute approximate surface area is 134 Å². The third kappa shape index (κ3) is 5.10. The molecule has 0 bridgehead atoms. The van der Waals surface area contributed by atoms with E-state index in [2.05, 4.69) is 15.8 Å². The average molecular weight is 315 g/mol. The van der Waals surface area contributed by atoms with Crippen LogP contribution in [0.25, 0.3) is 0 Å². The van der Waals surface area contributed by atoms with Crippen molar-refractivity contribution < 1.29 is 13.9 Å². The number of nitrogens with zero attached hydrogens (tertiary/aromatic N) is 1. The Hall–Kier alpha value is -2.89. The molecule has 0 aliphatic rings. The molecule has 5 nitrogen and oxygen atoms in total. The maximum Gasteiger partial charge on any atom is 0.259 e. The fourth-order valence-electron chi connectivity index (χ4n) is 1.83. The van der Waals surface area contributed by atoms with Gasteiger partial charge in [-0.25, -0.2) is 9.82 Å². The number of amides is 1. The Morgan fingerprint density at radius 3 is 2.39 bits per heavy atom. The van der Waals surface area contributed by atoms with E-state index >= 15 is 0 Å². The van der Waals surface area contributed by atoms with E-state index in [0.29, 0.717) is 11.4 Å².